The van der Waals surface area contributed by atoms with Gasteiger partial charge in [0.25, 0.3) is 5.91 Å². The minimum absolute atomic E-state index is 0.205. The molecule has 31 heavy (non-hydrogen) atoms. The number of anilines is 1. The number of carbonyl (C=O) groups excluding carboxylic acids is 1. The molecule has 4 rings (SSSR count). The average Bonchev–Trinajstić information content (AvgIpc) is 3.22. The molecule has 1 amide bonds. The highest BCUT2D eigenvalue weighted by atomic mass is 16.5. The molecule has 0 spiro atoms. The van der Waals surface area contributed by atoms with Gasteiger partial charge in [0.05, 0.1) is 22.8 Å². The Morgan fingerprint density at radius 2 is 1.94 bits per heavy atom. The zero-order valence-corrected chi connectivity index (χ0v) is 18.3. The Balaban J connectivity index is 1.68. The van der Waals surface area contributed by atoms with E-state index in [4.69, 9.17) is 9.72 Å². The zero-order chi connectivity index (χ0) is 21.8. The van der Waals surface area contributed by atoms with Crippen molar-refractivity contribution in [3.05, 3.63) is 41.2 Å². The van der Waals surface area contributed by atoms with Crippen LogP contribution in [0.5, 0.6) is 0 Å². The van der Waals surface area contributed by atoms with E-state index in [9.17, 15) is 4.79 Å². The van der Waals surface area contributed by atoms with Crippen LogP contribution in [-0.2, 0) is 24.2 Å². The number of fused-ring (bicyclic) bond motifs is 1. The maximum Gasteiger partial charge on any atom is 0.254 e. The molecule has 1 fully saturated rings. The molecule has 2 N–H and O–H groups in total. The Labute approximate surface area is 181 Å². The molecule has 0 aromatic carbocycles. The third-order valence-corrected chi connectivity index (χ3v) is 5.64. The number of hydrogen-bond donors (Lipinski definition) is 2. The molecule has 9 heteroatoms. The number of hydrogen-bond acceptors (Lipinski definition) is 7. The minimum Gasteiger partial charge on any atom is -0.381 e. The van der Waals surface area contributed by atoms with E-state index in [0.717, 1.165) is 67.0 Å². The first kappa shape index (κ1) is 21.2. The van der Waals surface area contributed by atoms with Crippen LogP contribution in [0.3, 0.4) is 0 Å². The maximum atomic E-state index is 12.7. The number of aromatic nitrogens is 5. The number of aryl methyl sites for hydroxylation is 3. The molecule has 4 heterocycles. The van der Waals surface area contributed by atoms with Crippen molar-refractivity contribution in [3.63, 3.8) is 0 Å². The van der Waals surface area contributed by atoms with Crippen molar-refractivity contribution in [2.24, 2.45) is 0 Å². The van der Waals surface area contributed by atoms with Gasteiger partial charge in [-0.15, -0.1) is 0 Å². The summed E-state index contributed by atoms with van der Waals surface area (Å²) >= 11 is 0. The van der Waals surface area contributed by atoms with Crippen molar-refractivity contribution < 1.29 is 9.53 Å². The molecule has 0 unspecified atom stereocenters. The van der Waals surface area contributed by atoms with Gasteiger partial charge in [0.2, 0.25) is 0 Å². The van der Waals surface area contributed by atoms with Gasteiger partial charge < -0.3 is 15.4 Å². The van der Waals surface area contributed by atoms with E-state index in [1.807, 2.05) is 10.9 Å². The zero-order valence-electron chi connectivity index (χ0n) is 18.3. The molecule has 0 atom stereocenters. The summed E-state index contributed by atoms with van der Waals surface area (Å²) in [6.45, 7) is 8.55. The van der Waals surface area contributed by atoms with Crippen LogP contribution in [0.1, 0.15) is 54.1 Å². The Morgan fingerprint density at radius 1 is 1.19 bits per heavy atom. The topological polar surface area (TPSA) is 107 Å². The van der Waals surface area contributed by atoms with Crippen molar-refractivity contribution in [3.8, 4) is 0 Å². The molecular weight excluding hydrogens is 394 g/mol. The van der Waals surface area contributed by atoms with Crippen LogP contribution in [0, 0.1) is 6.92 Å². The van der Waals surface area contributed by atoms with Gasteiger partial charge in [0.1, 0.15) is 5.82 Å². The van der Waals surface area contributed by atoms with Crippen LogP contribution in [0.25, 0.3) is 11.0 Å². The molecule has 3 aromatic heterocycles. The maximum absolute atomic E-state index is 12.7. The van der Waals surface area contributed by atoms with Gasteiger partial charge in [0, 0.05) is 56.0 Å². The van der Waals surface area contributed by atoms with E-state index in [1.165, 1.54) is 0 Å². The van der Waals surface area contributed by atoms with Crippen LogP contribution in [0.15, 0.2) is 18.6 Å². The fraction of sp³-hybridized carbons (Fsp3) is 0.500. The van der Waals surface area contributed by atoms with E-state index in [1.54, 1.807) is 19.3 Å². The van der Waals surface area contributed by atoms with Crippen LogP contribution < -0.4 is 10.6 Å². The first-order valence-corrected chi connectivity index (χ1v) is 10.9. The highest BCUT2D eigenvalue weighted by molar-refractivity contribution is 5.94. The second kappa shape index (κ2) is 9.38. The van der Waals surface area contributed by atoms with Crippen molar-refractivity contribution >= 4 is 22.6 Å². The molecule has 0 bridgehead atoms. The second-order valence-corrected chi connectivity index (χ2v) is 7.70. The lowest BCUT2D eigenvalue weighted by atomic mass is 10.0. The van der Waals surface area contributed by atoms with Crippen molar-refractivity contribution in [2.75, 3.05) is 18.5 Å². The minimum atomic E-state index is -0.205. The van der Waals surface area contributed by atoms with Gasteiger partial charge in [-0.2, -0.15) is 5.10 Å². The van der Waals surface area contributed by atoms with Crippen LogP contribution in [-0.4, -0.2) is 49.9 Å². The third-order valence-electron chi connectivity index (χ3n) is 5.64. The fourth-order valence-corrected chi connectivity index (χ4v) is 3.88. The Bertz CT molecular complexity index is 1060. The van der Waals surface area contributed by atoms with E-state index < -0.39 is 0 Å². The van der Waals surface area contributed by atoms with E-state index in [0.29, 0.717) is 24.0 Å². The number of rotatable bonds is 7. The molecule has 164 valence electrons. The van der Waals surface area contributed by atoms with E-state index in [2.05, 4.69) is 39.5 Å². The number of nitrogens with one attached hydrogen (secondary N) is 2. The fourth-order valence-electron chi connectivity index (χ4n) is 3.88. The molecule has 1 aliphatic heterocycles. The molecule has 3 aromatic rings. The largest absolute Gasteiger partial charge is 0.381 e. The normalized spacial score (nSPS) is 14.7. The number of carbonyl (C=O) groups is 1. The summed E-state index contributed by atoms with van der Waals surface area (Å²) in [6, 6.07) is 0.314. The van der Waals surface area contributed by atoms with Crippen molar-refractivity contribution in [1.29, 1.82) is 0 Å². The third kappa shape index (κ3) is 4.51. The lowest BCUT2D eigenvalue weighted by Crippen LogP contribution is -2.30. The van der Waals surface area contributed by atoms with Gasteiger partial charge in [-0.3, -0.25) is 4.79 Å². The van der Waals surface area contributed by atoms with Crippen LogP contribution in [0.4, 0.5) is 5.69 Å². The van der Waals surface area contributed by atoms with E-state index >= 15 is 0 Å². The van der Waals surface area contributed by atoms with Gasteiger partial charge in [0.15, 0.2) is 5.65 Å². The summed E-state index contributed by atoms with van der Waals surface area (Å²) in [5.74, 6) is 0.429. The summed E-state index contributed by atoms with van der Waals surface area (Å²) in [4.78, 5) is 25.8. The standard InChI is InChI=1S/C22H29N7O2/c1-4-19-17(12-25-22(30)15-10-23-14(3)24-11-15)20(27-16-6-8-31-9-7-16)18-13-26-29(5-2)21(18)28-19/h10-11,13,16H,4-9,12H2,1-3H3,(H,25,30)(H,27,28). The van der Waals surface area contributed by atoms with E-state index in [-0.39, 0.29) is 5.91 Å². The van der Waals surface area contributed by atoms with Gasteiger partial charge in [-0.25, -0.2) is 19.6 Å². The van der Waals surface area contributed by atoms with Gasteiger partial charge in [-0.05, 0) is 33.1 Å². The summed E-state index contributed by atoms with van der Waals surface area (Å²) < 4.78 is 7.43. The van der Waals surface area contributed by atoms with Gasteiger partial charge >= 0.3 is 0 Å². The lowest BCUT2D eigenvalue weighted by molar-refractivity contribution is 0.0904. The summed E-state index contributed by atoms with van der Waals surface area (Å²) in [5, 5.41) is 12.2. The molecule has 1 aliphatic rings. The monoisotopic (exact) mass is 423 g/mol. The Kier molecular flexibility index (Phi) is 6.41. The number of pyridine rings is 1. The number of ether oxygens (including phenoxy) is 1. The Morgan fingerprint density at radius 3 is 2.61 bits per heavy atom. The molecule has 0 aliphatic carbocycles. The summed E-state index contributed by atoms with van der Waals surface area (Å²) in [7, 11) is 0. The number of nitrogens with zero attached hydrogens (tertiary/aromatic N) is 5. The smallest absolute Gasteiger partial charge is 0.254 e. The predicted octanol–water partition coefficient (Wildman–Crippen LogP) is 2.63. The van der Waals surface area contributed by atoms with Crippen LogP contribution >= 0.6 is 0 Å². The van der Waals surface area contributed by atoms with Crippen molar-refractivity contribution in [2.45, 2.75) is 59.2 Å². The first-order chi connectivity index (χ1) is 15.1. The quantitative estimate of drug-likeness (QED) is 0.601. The lowest BCUT2D eigenvalue weighted by Gasteiger charge is -2.26. The first-order valence-electron chi connectivity index (χ1n) is 10.9. The highest BCUT2D eigenvalue weighted by Crippen LogP contribution is 2.31. The SMILES string of the molecule is CCc1nc2c(cnn2CC)c(NC2CCOCC2)c1CNC(=O)c1cnc(C)nc1. The molecule has 9 nitrogen and oxygen atoms in total. The predicted molar refractivity (Wildman–Crippen MR) is 118 cm³/mol. The highest BCUT2D eigenvalue weighted by Gasteiger charge is 2.22. The summed E-state index contributed by atoms with van der Waals surface area (Å²) in [6.07, 6.45) is 7.61. The van der Waals surface area contributed by atoms with Crippen LogP contribution in [0.2, 0.25) is 0 Å². The molecule has 0 saturated carbocycles. The van der Waals surface area contributed by atoms with Crippen molar-refractivity contribution in [1.82, 2.24) is 30.0 Å². The average molecular weight is 424 g/mol. The Hall–Kier alpha value is -3.07. The molecule has 0 radical (unpaired) electrons. The van der Waals surface area contributed by atoms with Gasteiger partial charge in [-0.1, -0.05) is 6.92 Å². The molecule has 1 saturated heterocycles. The summed E-state index contributed by atoms with van der Waals surface area (Å²) in [5.41, 5.74) is 4.27. The molecular formula is C22H29N7O2. The number of amides is 1. The second-order valence-electron chi connectivity index (χ2n) is 7.70.